The number of nitrogens with zero attached hydrogens (tertiary/aromatic N) is 1. The van der Waals surface area contributed by atoms with E-state index in [9.17, 15) is 17.2 Å². The number of halogens is 2. The zero-order valence-electron chi connectivity index (χ0n) is 13.4. The second-order valence-corrected chi connectivity index (χ2v) is 7.63. The summed E-state index contributed by atoms with van der Waals surface area (Å²) in [5, 5.41) is 0. The minimum absolute atomic E-state index is 0.0259. The maximum Gasteiger partial charge on any atom is 0.241 e. The molecule has 0 amide bonds. The molecule has 1 aromatic carbocycles. The third-order valence-corrected chi connectivity index (χ3v) is 5.70. The maximum absolute atomic E-state index is 13.4. The van der Waals surface area contributed by atoms with E-state index in [0.717, 1.165) is 17.7 Å². The summed E-state index contributed by atoms with van der Waals surface area (Å²) in [6, 6.07) is 5.54. The normalized spacial score (nSPS) is 17.4. The minimum atomic E-state index is -4.02. The van der Waals surface area contributed by atoms with Crippen molar-refractivity contribution in [2.45, 2.75) is 23.8 Å². The van der Waals surface area contributed by atoms with E-state index in [1.807, 2.05) is 0 Å². The highest BCUT2D eigenvalue weighted by molar-refractivity contribution is 7.89. The number of rotatable bonds is 5. The van der Waals surface area contributed by atoms with Gasteiger partial charge in [0.1, 0.15) is 0 Å². The Labute approximate surface area is 145 Å². The van der Waals surface area contributed by atoms with Gasteiger partial charge < -0.3 is 4.74 Å². The van der Waals surface area contributed by atoms with Crippen molar-refractivity contribution in [3.05, 3.63) is 59.9 Å². The molecule has 1 unspecified atom stereocenters. The van der Waals surface area contributed by atoms with Crippen LogP contribution in [-0.2, 0) is 14.8 Å². The third-order valence-electron chi connectivity index (χ3n) is 4.26. The molecular formula is C17H18F2N2O3S. The molecule has 1 atom stereocenters. The van der Waals surface area contributed by atoms with Gasteiger partial charge in [-0.05, 0) is 48.6 Å². The maximum atomic E-state index is 13.4. The summed E-state index contributed by atoms with van der Waals surface area (Å²) in [6.07, 6.45) is 4.60. The molecule has 2 heterocycles. The van der Waals surface area contributed by atoms with E-state index in [4.69, 9.17) is 4.74 Å². The number of benzene rings is 1. The largest absolute Gasteiger partial charge is 0.381 e. The molecule has 0 saturated carbocycles. The number of hydrogen-bond donors (Lipinski definition) is 1. The molecule has 1 aromatic heterocycles. The van der Waals surface area contributed by atoms with Crippen molar-refractivity contribution in [1.29, 1.82) is 0 Å². The van der Waals surface area contributed by atoms with Crippen LogP contribution in [0.1, 0.15) is 24.4 Å². The van der Waals surface area contributed by atoms with Crippen molar-refractivity contribution in [3.63, 3.8) is 0 Å². The van der Waals surface area contributed by atoms with E-state index in [0.29, 0.717) is 32.1 Å². The second-order valence-electron chi connectivity index (χ2n) is 5.91. The van der Waals surface area contributed by atoms with E-state index >= 15 is 0 Å². The summed E-state index contributed by atoms with van der Waals surface area (Å²) in [5.74, 6) is -2.27. The van der Waals surface area contributed by atoms with Crippen LogP contribution in [0.4, 0.5) is 8.78 Å². The molecule has 1 N–H and O–H groups in total. The highest BCUT2D eigenvalue weighted by Crippen LogP contribution is 2.31. The van der Waals surface area contributed by atoms with E-state index in [1.54, 1.807) is 24.5 Å². The first-order chi connectivity index (χ1) is 12.0. The molecule has 0 aliphatic carbocycles. The van der Waals surface area contributed by atoms with Gasteiger partial charge in [0.05, 0.1) is 10.9 Å². The van der Waals surface area contributed by atoms with Crippen LogP contribution < -0.4 is 4.72 Å². The minimum Gasteiger partial charge on any atom is -0.381 e. The van der Waals surface area contributed by atoms with E-state index in [2.05, 4.69) is 9.71 Å². The van der Waals surface area contributed by atoms with E-state index < -0.39 is 27.7 Å². The average Bonchev–Trinajstić information content (AvgIpc) is 2.63. The van der Waals surface area contributed by atoms with Crippen molar-refractivity contribution in [2.24, 2.45) is 5.92 Å². The molecular weight excluding hydrogens is 350 g/mol. The lowest BCUT2D eigenvalue weighted by atomic mass is 9.88. The smallest absolute Gasteiger partial charge is 0.241 e. The van der Waals surface area contributed by atoms with Crippen LogP contribution in [0, 0.1) is 17.6 Å². The Bertz CT molecular complexity index is 825. The summed E-state index contributed by atoms with van der Waals surface area (Å²) in [7, 11) is -4.02. The van der Waals surface area contributed by atoms with Gasteiger partial charge in [0.25, 0.3) is 0 Å². The molecule has 5 nitrogen and oxygen atoms in total. The molecule has 1 aliphatic rings. The molecule has 8 heteroatoms. The summed E-state index contributed by atoms with van der Waals surface area (Å²) in [6.45, 7) is 1.10. The van der Waals surface area contributed by atoms with Gasteiger partial charge in [-0.1, -0.05) is 6.07 Å². The fourth-order valence-electron chi connectivity index (χ4n) is 2.92. The van der Waals surface area contributed by atoms with Gasteiger partial charge in [0.2, 0.25) is 10.0 Å². The number of ether oxygens (including phenoxy) is 1. The number of aromatic nitrogens is 1. The highest BCUT2D eigenvalue weighted by Gasteiger charge is 2.30. The van der Waals surface area contributed by atoms with Gasteiger partial charge in [0, 0.05) is 25.6 Å². The van der Waals surface area contributed by atoms with Gasteiger partial charge >= 0.3 is 0 Å². The van der Waals surface area contributed by atoms with Crippen LogP contribution in [0.5, 0.6) is 0 Å². The number of hydrogen-bond acceptors (Lipinski definition) is 4. The van der Waals surface area contributed by atoms with Crippen molar-refractivity contribution in [1.82, 2.24) is 9.71 Å². The van der Waals surface area contributed by atoms with Gasteiger partial charge in [-0.3, -0.25) is 4.98 Å². The highest BCUT2D eigenvalue weighted by atomic mass is 32.2. The Kier molecular flexibility index (Phi) is 5.41. The van der Waals surface area contributed by atoms with Crippen molar-refractivity contribution in [2.75, 3.05) is 13.2 Å². The average molecular weight is 368 g/mol. The fraction of sp³-hybridized carbons (Fsp3) is 0.353. The Balaban J connectivity index is 1.92. The fourth-order valence-corrected chi connectivity index (χ4v) is 4.23. The van der Waals surface area contributed by atoms with Gasteiger partial charge in [-0.15, -0.1) is 0 Å². The first-order valence-electron chi connectivity index (χ1n) is 7.92. The molecule has 134 valence electrons. The Morgan fingerprint density at radius 1 is 1.16 bits per heavy atom. The second kappa shape index (κ2) is 7.55. The molecule has 0 radical (unpaired) electrons. The summed E-state index contributed by atoms with van der Waals surface area (Å²) < 4.78 is 59.8. The molecule has 1 saturated heterocycles. The summed E-state index contributed by atoms with van der Waals surface area (Å²) >= 11 is 0. The van der Waals surface area contributed by atoms with Crippen molar-refractivity contribution >= 4 is 10.0 Å². The lowest BCUT2D eigenvalue weighted by Crippen LogP contribution is -2.36. The number of pyridine rings is 1. The van der Waals surface area contributed by atoms with E-state index in [-0.39, 0.29) is 10.8 Å². The lowest BCUT2D eigenvalue weighted by molar-refractivity contribution is 0.0564. The molecule has 25 heavy (non-hydrogen) atoms. The first kappa shape index (κ1) is 17.9. The summed E-state index contributed by atoms with van der Waals surface area (Å²) in [4.78, 5) is 3.74. The van der Waals surface area contributed by atoms with E-state index in [1.165, 1.54) is 0 Å². The Morgan fingerprint density at radius 2 is 1.92 bits per heavy atom. The number of sulfonamides is 1. The SMILES string of the molecule is O=S(=O)(NC(c1cccnc1)C1CCOCC1)c1ccc(F)c(F)c1. The van der Waals surface area contributed by atoms with Crippen LogP contribution >= 0.6 is 0 Å². The van der Waals surface area contributed by atoms with Crippen LogP contribution in [0.15, 0.2) is 47.6 Å². The third kappa shape index (κ3) is 4.20. The predicted octanol–water partition coefficient (Wildman–Crippen LogP) is 2.81. The predicted molar refractivity (Wildman–Crippen MR) is 87.2 cm³/mol. The zero-order chi connectivity index (χ0) is 17.9. The molecule has 2 aromatic rings. The van der Waals surface area contributed by atoms with Crippen LogP contribution in [0.3, 0.4) is 0 Å². The lowest BCUT2D eigenvalue weighted by Gasteiger charge is -2.31. The monoisotopic (exact) mass is 368 g/mol. The number of nitrogens with one attached hydrogen (secondary N) is 1. The Hall–Kier alpha value is -1.90. The quantitative estimate of drug-likeness (QED) is 0.881. The molecule has 0 spiro atoms. The molecule has 1 aliphatic heterocycles. The van der Waals surface area contributed by atoms with Crippen molar-refractivity contribution < 1.29 is 21.9 Å². The molecule has 1 fully saturated rings. The van der Waals surface area contributed by atoms with Gasteiger partial charge in [0.15, 0.2) is 11.6 Å². The van der Waals surface area contributed by atoms with Crippen molar-refractivity contribution in [3.8, 4) is 0 Å². The first-order valence-corrected chi connectivity index (χ1v) is 9.41. The van der Waals surface area contributed by atoms with Gasteiger partial charge in [-0.25, -0.2) is 21.9 Å². The van der Waals surface area contributed by atoms with Gasteiger partial charge in [-0.2, -0.15) is 0 Å². The van der Waals surface area contributed by atoms with Crippen LogP contribution in [0.25, 0.3) is 0 Å². The zero-order valence-corrected chi connectivity index (χ0v) is 14.2. The summed E-state index contributed by atoms with van der Waals surface area (Å²) in [5.41, 5.74) is 0.723. The molecule has 0 bridgehead atoms. The standard InChI is InChI=1S/C17H18F2N2O3S/c18-15-4-3-14(10-16(15)19)25(22,23)21-17(12-5-8-24-9-6-12)13-2-1-7-20-11-13/h1-4,7,10-12,17,21H,5-6,8-9H2. The van der Waals surface area contributed by atoms with Crippen LogP contribution in [0.2, 0.25) is 0 Å². The molecule has 3 rings (SSSR count). The topological polar surface area (TPSA) is 68.3 Å². The van der Waals surface area contributed by atoms with Crippen LogP contribution in [-0.4, -0.2) is 26.6 Å². The Morgan fingerprint density at radius 3 is 2.56 bits per heavy atom.